The number of ether oxygens (including phenoxy) is 1. The Labute approximate surface area is 116 Å². The molecule has 1 aromatic carbocycles. The van der Waals surface area contributed by atoms with E-state index >= 15 is 0 Å². The highest BCUT2D eigenvalue weighted by Crippen LogP contribution is 2.23. The van der Waals surface area contributed by atoms with Crippen molar-refractivity contribution in [2.24, 2.45) is 0 Å². The third kappa shape index (κ3) is 2.85. The van der Waals surface area contributed by atoms with E-state index in [-0.39, 0.29) is 5.91 Å². The van der Waals surface area contributed by atoms with Gasteiger partial charge in [-0.2, -0.15) is 0 Å². The number of carbonyl (C=O) groups is 1. The zero-order valence-corrected chi connectivity index (χ0v) is 11.4. The third-order valence-corrected chi connectivity index (χ3v) is 3.05. The molecule has 0 fully saturated rings. The smallest absolute Gasteiger partial charge is 0.259 e. The molecule has 0 bridgehead atoms. The fourth-order valence-corrected chi connectivity index (χ4v) is 1.87. The number of halogens is 1. The second kappa shape index (κ2) is 5.71. The minimum Gasteiger partial charge on any atom is -0.497 e. The molecule has 0 N–H and O–H groups in total. The summed E-state index contributed by atoms with van der Waals surface area (Å²) >= 11 is 5.97. The zero-order valence-electron chi connectivity index (χ0n) is 10.6. The van der Waals surface area contributed by atoms with Gasteiger partial charge in [0.25, 0.3) is 5.91 Å². The molecule has 19 heavy (non-hydrogen) atoms. The van der Waals surface area contributed by atoms with Gasteiger partial charge in [-0.15, -0.1) is 0 Å². The second-order valence-electron chi connectivity index (χ2n) is 3.92. The number of amides is 1. The minimum atomic E-state index is -0.194. The van der Waals surface area contributed by atoms with Crippen molar-refractivity contribution in [1.29, 1.82) is 0 Å². The second-order valence-corrected chi connectivity index (χ2v) is 4.33. The average Bonchev–Trinajstić information content (AvgIpc) is 2.46. The minimum absolute atomic E-state index is 0.194. The topological polar surface area (TPSA) is 42.4 Å². The van der Waals surface area contributed by atoms with Crippen LogP contribution >= 0.6 is 11.6 Å². The first-order valence-electron chi connectivity index (χ1n) is 5.65. The van der Waals surface area contributed by atoms with E-state index in [9.17, 15) is 4.79 Å². The van der Waals surface area contributed by atoms with E-state index in [0.29, 0.717) is 16.3 Å². The Bertz CT molecular complexity index is 602. The number of hydrogen-bond donors (Lipinski definition) is 0. The van der Waals surface area contributed by atoms with Crippen molar-refractivity contribution in [3.8, 4) is 5.75 Å². The van der Waals surface area contributed by atoms with Gasteiger partial charge in [0, 0.05) is 31.2 Å². The third-order valence-electron chi connectivity index (χ3n) is 2.75. The SMILES string of the molecule is COc1cccc(N(C)C(=O)c2ccncc2Cl)c1. The Kier molecular flexibility index (Phi) is 4.02. The maximum absolute atomic E-state index is 12.3. The molecule has 0 aliphatic heterocycles. The number of pyridine rings is 1. The van der Waals surface area contributed by atoms with Gasteiger partial charge in [0.15, 0.2) is 0 Å². The molecule has 1 heterocycles. The molecule has 0 atom stereocenters. The van der Waals surface area contributed by atoms with Crippen LogP contribution < -0.4 is 9.64 Å². The summed E-state index contributed by atoms with van der Waals surface area (Å²) in [6.45, 7) is 0. The van der Waals surface area contributed by atoms with Crippen molar-refractivity contribution >= 4 is 23.2 Å². The molecule has 0 radical (unpaired) electrons. The molecule has 5 heteroatoms. The molecule has 0 aliphatic rings. The molecule has 4 nitrogen and oxygen atoms in total. The van der Waals surface area contributed by atoms with Crippen LogP contribution in [0.15, 0.2) is 42.7 Å². The van der Waals surface area contributed by atoms with Crippen LogP contribution in [0.2, 0.25) is 5.02 Å². The Balaban J connectivity index is 2.31. The fourth-order valence-electron chi connectivity index (χ4n) is 1.67. The number of hydrogen-bond acceptors (Lipinski definition) is 3. The van der Waals surface area contributed by atoms with E-state index in [1.165, 1.54) is 11.1 Å². The van der Waals surface area contributed by atoms with Crippen molar-refractivity contribution in [2.75, 3.05) is 19.1 Å². The Hall–Kier alpha value is -2.07. The predicted molar refractivity (Wildman–Crippen MR) is 75.0 cm³/mol. The molecule has 98 valence electrons. The number of rotatable bonds is 3. The van der Waals surface area contributed by atoms with Gasteiger partial charge in [-0.1, -0.05) is 17.7 Å². The van der Waals surface area contributed by atoms with E-state index in [2.05, 4.69) is 4.98 Å². The van der Waals surface area contributed by atoms with Crippen LogP contribution in [0.4, 0.5) is 5.69 Å². The summed E-state index contributed by atoms with van der Waals surface area (Å²) in [7, 11) is 3.27. The van der Waals surface area contributed by atoms with Crippen LogP contribution in [-0.2, 0) is 0 Å². The molecule has 0 aliphatic carbocycles. The van der Waals surface area contributed by atoms with Crippen molar-refractivity contribution in [3.63, 3.8) is 0 Å². The monoisotopic (exact) mass is 276 g/mol. The Morgan fingerprint density at radius 1 is 1.37 bits per heavy atom. The van der Waals surface area contributed by atoms with Crippen LogP contribution in [0.3, 0.4) is 0 Å². The quantitative estimate of drug-likeness (QED) is 0.865. The van der Waals surface area contributed by atoms with Crippen molar-refractivity contribution in [3.05, 3.63) is 53.3 Å². The fraction of sp³-hybridized carbons (Fsp3) is 0.143. The number of nitrogens with zero attached hydrogens (tertiary/aromatic N) is 2. The van der Waals surface area contributed by atoms with E-state index in [1.807, 2.05) is 18.2 Å². The van der Waals surface area contributed by atoms with Gasteiger partial charge in [-0.05, 0) is 18.2 Å². The summed E-state index contributed by atoms with van der Waals surface area (Å²) in [5, 5.41) is 0.335. The largest absolute Gasteiger partial charge is 0.497 e. The van der Waals surface area contributed by atoms with Gasteiger partial charge in [0.05, 0.1) is 17.7 Å². The van der Waals surface area contributed by atoms with E-state index in [0.717, 1.165) is 5.69 Å². The molecular formula is C14H13ClN2O2. The van der Waals surface area contributed by atoms with Gasteiger partial charge >= 0.3 is 0 Å². The lowest BCUT2D eigenvalue weighted by Crippen LogP contribution is -2.26. The average molecular weight is 277 g/mol. The van der Waals surface area contributed by atoms with Gasteiger partial charge in [-0.3, -0.25) is 9.78 Å². The first-order valence-corrected chi connectivity index (χ1v) is 6.03. The molecule has 2 aromatic rings. The molecule has 0 spiro atoms. The van der Waals surface area contributed by atoms with Crippen molar-refractivity contribution in [2.45, 2.75) is 0 Å². The number of benzene rings is 1. The molecule has 0 saturated carbocycles. The molecule has 1 aromatic heterocycles. The van der Waals surface area contributed by atoms with Gasteiger partial charge in [-0.25, -0.2) is 0 Å². The summed E-state index contributed by atoms with van der Waals surface area (Å²) in [5.41, 5.74) is 1.15. The molecule has 1 amide bonds. The van der Waals surface area contributed by atoms with Crippen LogP contribution in [0.1, 0.15) is 10.4 Å². The van der Waals surface area contributed by atoms with Gasteiger partial charge in [0.2, 0.25) is 0 Å². The molecule has 0 unspecified atom stereocenters. The standard InChI is InChI=1S/C14H13ClN2O2/c1-17(10-4-3-5-11(8-10)19-2)14(18)12-6-7-16-9-13(12)15/h3-9H,1-2H3. The zero-order chi connectivity index (χ0) is 13.8. The number of anilines is 1. The Morgan fingerprint density at radius 3 is 2.84 bits per heavy atom. The summed E-state index contributed by atoms with van der Waals surface area (Å²) in [6.07, 6.45) is 2.99. The van der Waals surface area contributed by atoms with Gasteiger partial charge in [0.1, 0.15) is 5.75 Å². The predicted octanol–water partition coefficient (Wildman–Crippen LogP) is 3.02. The highest BCUT2D eigenvalue weighted by atomic mass is 35.5. The summed E-state index contributed by atoms with van der Waals surface area (Å²) in [6, 6.07) is 8.86. The van der Waals surface area contributed by atoms with E-state index in [1.54, 1.807) is 32.5 Å². The lowest BCUT2D eigenvalue weighted by atomic mass is 10.2. The summed E-state index contributed by atoms with van der Waals surface area (Å²) < 4.78 is 5.14. The molecular weight excluding hydrogens is 264 g/mol. The van der Waals surface area contributed by atoms with Crippen LogP contribution in [0.25, 0.3) is 0 Å². The van der Waals surface area contributed by atoms with E-state index < -0.39 is 0 Å². The van der Waals surface area contributed by atoms with E-state index in [4.69, 9.17) is 16.3 Å². The van der Waals surface area contributed by atoms with Gasteiger partial charge < -0.3 is 9.64 Å². The lowest BCUT2D eigenvalue weighted by Gasteiger charge is -2.18. The van der Waals surface area contributed by atoms with Crippen molar-refractivity contribution < 1.29 is 9.53 Å². The van der Waals surface area contributed by atoms with Crippen LogP contribution in [0.5, 0.6) is 5.75 Å². The summed E-state index contributed by atoms with van der Waals surface area (Å²) in [4.78, 5) is 17.7. The number of aromatic nitrogens is 1. The van der Waals surface area contributed by atoms with Crippen LogP contribution in [-0.4, -0.2) is 25.0 Å². The molecule has 0 saturated heterocycles. The number of methoxy groups -OCH3 is 1. The van der Waals surface area contributed by atoms with Crippen molar-refractivity contribution in [1.82, 2.24) is 4.98 Å². The highest BCUT2D eigenvalue weighted by molar-refractivity contribution is 6.34. The molecule has 2 rings (SSSR count). The summed E-state index contributed by atoms with van der Waals surface area (Å²) in [5.74, 6) is 0.499. The highest BCUT2D eigenvalue weighted by Gasteiger charge is 2.16. The maximum atomic E-state index is 12.3. The number of carbonyl (C=O) groups excluding carboxylic acids is 1. The first-order chi connectivity index (χ1) is 9.13. The maximum Gasteiger partial charge on any atom is 0.259 e. The van der Waals surface area contributed by atoms with Crippen LogP contribution in [0, 0.1) is 0 Å². The first kappa shape index (κ1) is 13.4. The Morgan fingerprint density at radius 2 is 2.16 bits per heavy atom. The normalized spacial score (nSPS) is 10.1. The lowest BCUT2D eigenvalue weighted by molar-refractivity contribution is 0.0993.